The van der Waals surface area contributed by atoms with Gasteiger partial charge in [0.05, 0.1) is 10.9 Å². The lowest BCUT2D eigenvalue weighted by molar-refractivity contribution is 0.180. The van der Waals surface area contributed by atoms with Gasteiger partial charge in [0, 0.05) is 26.1 Å². The molecule has 0 aromatic carbocycles. The fourth-order valence-corrected chi connectivity index (χ4v) is 5.12. The maximum absolute atomic E-state index is 12.3. The van der Waals surface area contributed by atoms with Crippen molar-refractivity contribution in [3.63, 3.8) is 0 Å². The number of rotatable bonds is 7. The van der Waals surface area contributed by atoms with Crippen molar-refractivity contribution in [2.24, 2.45) is 0 Å². The second kappa shape index (κ2) is 7.28. The summed E-state index contributed by atoms with van der Waals surface area (Å²) in [7, 11) is -2.18. The van der Waals surface area contributed by atoms with Gasteiger partial charge in [0.2, 0.25) is 10.0 Å². The van der Waals surface area contributed by atoms with Crippen LogP contribution < -0.4 is 0 Å². The highest BCUT2D eigenvalue weighted by molar-refractivity contribution is 7.89. The number of ether oxygens (including phenoxy) is 1. The minimum absolute atomic E-state index is 0.0142. The SMILES string of the molecule is COCCN(CCCl)S(=O)(=O)c1cc(Cl)sc1Cl. The first-order chi connectivity index (χ1) is 8.43. The second-order valence-electron chi connectivity index (χ2n) is 3.27. The van der Waals surface area contributed by atoms with E-state index >= 15 is 0 Å². The van der Waals surface area contributed by atoms with E-state index in [4.69, 9.17) is 39.5 Å². The van der Waals surface area contributed by atoms with Gasteiger partial charge in [0.1, 0.15) is 9.23 Å². The fourth-order valence-electron chi connectivity index (χ4n) is 1.28. The molecule has 0 saturated heterocycles. The van der Waals surface area contributed by atoms with Crippen molar-refractivity contribution >= 4 is 56.2 Å². The second-order valence-corrected chi connectivity index (χ2v) is 7.84. The highest BCUT2D eigenvalue weighted by Crippen LogP contribution is 2.35. The van der Waals surface area contributed by atoms with Crippen LogP contribution in [0.2, 0.25) is 8.67 Å². The molecule has 0 radical (unpaired) electrons. The van der Waals surface area contributed by atoms with Gasteiger partial charge in [-0.2, -0.15) is 4.31 Å². The van der Waals surface area contributed by atoms with Gasteiger partial charge < -0.3 is 4.74 Å². The van der Waals surface area contributed by atoms with Gasteiger partial charge in [-0.05, 0) is 6.07 Å². The summed E-state index contributed by atoms with van der Waals surface area (Å²) in [5, 5.41) is 0. The number of hydrogen-bond acceptors (Lipinski definition) is 4. The molecule has 104 valence electrons. The number of methoxy groups -OCH3 is 1. The van der Waals surface area contributed by atoms with Crippen LogP contribution in [0, 0.1) is 0 Å². The summed E-state index contributed by atoms with van der Waals surface area (Å²) in [4.78, 5) is 0.0142. The average molecular weight is 353 g/mol. The van der Waals surface area contributed by atoms with Crippen LogP contribution in [0.1, 0.15) is 0 Å². The minimum atomic E-state index is -3.68. The van der Waals surface area contributed by atoms with Gasteiger partial charge in [0.15, 0.2) is 0 Å². The summed E-state index contributed by atoms with van der Waals surface area (Å²) < 4.78 is 31.3. The highest BCUT2D eigenvalue weighted by Gasteiger charge is 2.27. The standard InChI is InChI=1S/C9H12Cl3NO3S2/c1-16-5-4-13(3-2-10)18(14,15)7-6-8(11)17-9(7)12/h6H,2-5H2,1H3. The zero-order chi connectivity index (χ0) is 13.8. The van der Waals surface area contributed by atoms with Crippen LogP contribution >= 0.6 is 46.1 Å². The van der Waals surface area contributed by atoms with E-state index in [-0.39, 0.29) is 34.8 Å². The molecule has 0 aliphatic heterocycles. The van der Waals surface area contributed by atoms with E-state index in [1.54, 1.807) is 0 Å². The van der Waals surface area contributed by atoms with Gasteiger partial charge in [-0.15, -0.1) is 22.9 Å². The Labute approximate surface area is 125 Å². The van der Waals surface area contributed by atoms with Crippen molar-refractivity contribution in [2.75, 3.05) is 32.7 Å². The summed E-state index contributed by atoms with van der Waals surface area (Å²) in [5.41, 5.74) is 0. The molecule has 0 aliphatic carbocycles. The van der Waals surface area contributed by atoms with E-state index in [2.05, 4.69) is 0 Å². The number of halogens is 3. The van der Waals surface area contributed by atoms with Gasteiger partial charge in [0.25, 0.3) is 0 Å². The van der Waals surface area contributed by atoms with Crippen molar-refractivity contribution in [1.29, 1.82) is 0 Å². The quantitative estimate of drug-likeness (QED) is 0.709. The van der Waals surface area contributed by atoms with E-state index in [9.17, 15) is 8.42 Å². The molecule has 1 aromatic rings. The maximum Gasteiger partial charge on any atom is 0.245 e. The Hall–Kier alpha value is 0.440. The normalized spacial score (nSPS) is 12.3. The van der Waals surface area contributed by atoms with Gasteiger partial charge in [-0.3, -0.25) is 0 Å². The third-order valence-electron chi connectivity index (χ3n) is 2.12. The molecule has 0 aliphatic rings. The molecule has 1 rings (SSSR count). The number of nitrogens with zero attached hydrogens (tertiary/aromatic N) is 1. The molecule has 0 amide bonds. The molecule has 0 saturated carbocycles. The molecule has 0 bridgehead atoms. The first kappa shape index (κ1) is 16.5. The van der Waals surface area contributed by atoms with E-state index in [0.29, 0.717) is 4.34 Å². The lowest BCUT2D eigenvalue weighted by atomic mass is 10.6. The van der Waals surface area contributed by atoms with Gasteiger partial charge >= 0.3 is 0 Å². The molecule has 0 N–H and O–H groups in total. The van der Waals surface area contributed by atoms with Crippen molar-refractivity contribution < 1.29 is 13.2 Å². The lowest BCUT2D eigenvalue weighted by Crippen LogP contribution is -2.35. The van der Waals surface area contributed by atoms with Crippen LogP contribution in [-0.4, -0.2) is 45.4 Å². The fraction of sp³-hybridized carbons (Fsp3) is 0.556. The molecule has 1 heterocycles. The lowest BCUT2D eigenvalue weighted by Gasteiger charge is -2.20. The summed E-state index contributed by atoms with van der Waals surface area (Å²) in [6, 6.07) is 1.35. The van der Waals surface area contributed by atoms with Crippen molar-refractivity contribution in [1.82, 2.24) is 4.31 Å². The summed E-state index contributed by atoms with van der Waals surface area (Å²) in [6.07, 6.45) is 0. The Kier molecular flexibility index (Phi) is 6.67. The predicted molar refractivity (Wildman–Crippen MR) is 75.7 cm³/mol. The number of hydrogen-bond donors (Lipinski definition) is 0. The van der Waals surface area contributed by atoms with Crippen LogP contribution in [0.5, 0.6) is 0 Å². The summed E-state index contributed by atoms with van der Waals surface area (Å²) >= 11 is 18.3. The highest BCUT2D eigenvalue weighted by atomic mass is 35.5. The predicted octanol–water partition coefficient (Wildman–Crippen LogP) is 2.93. The van der Waals surface area contributed by atoms with Crippen molar-refractivity contribution in [3.8, 4) is 0 Å². The van der Waals surface area contributed by atoms with Gasteiger partial charge in [-0.25, -0.2) is 8.42 Å². The minimum Gasteiger partial charge on any atom is -0.383 e. The summed E-state index contributed by atoms with van der Waals surface area (Å²) in [5.74, 6) is 0.193. The van der Waals surface area contributed by atoms with Crippen LogP contribution in [0.15, 0.2) is 11.0 Å². The van der Waals surface area contributed by atoms with Crippen LogP contribution in [0.4, 0.5) is 0 Å². The Morgan fingerprint density at radius 2 is 2.06 bits per heavy atom. The Bertz CT molecular complexity index is 489. The zero-order valence-corrected chi connectivity index (χ0v) is 13.4. The molecule has 0 atom stereocenters. The molecular formula is C9H12Cl3NO3S2. The summed E-state index contributed by atoms with van der Waals surface area (Å²) in [6.45, 7) is 0.692. The van der Waals surface area contributed by atoms with Crippen molar-refractivity contribution in [3.05, 3.63) is 14.7 Å². The molecule has 0 fully saturated rings. The largest absolute Gasteiger partial charge is 0.383 e. The third kappa shape index (κ3) is 3.96. The van der Waals surface area contributed by atoms with E-state index in [1.165, 1.54) is 17.5 Å². The average Bonchev–Trinajstić information content (AvgIpc) is 2.64. The third-order valence-corrected chi connectivity index (χ3v) is 5.94. The Morgan fingerprint density at radius 3 is 2.50 bits per heavy atom. The van der Waals surface area contributed by atoms with Gasteiger partial charge in [-0.1, -0.05) is 23.2 Å². The first-order valence-corrected chi connectivity index (χ1v) is 8.48. The van der Waals surface area contributed by atoms with Crippen molar-refractivity contribution in [2.45, 2.75) is 4.90 Å². The monoisotopic (exact) mass is 351 g/mol. The van der Waals surface area contributed by atoms with E-state index in [1.807, 2.05) is 0 Å². The smallest absolute Gasteiger partial charge is 0.245 e. The zero-order valence-electron chi connectivity index (χ0n) is 9.53. The molecule has 1 aromatic heterocycles. The Morgan fingerprint density at radius 1 is 1.39 bits per heavy atom. The van der Waals surface area contributed by atoms with E-state index in [0.717, 1.165) is 11.3 Å². The van der Waals surface area contributed by atoms with E-state index < -0.39 is 10.0 Å². The molecular weight excluding hydrogens is 341 g/mol. The van der Waals surface area contributed by atoms with Crippen LogP contribution in [0.3, 0.4) is 0 Å². The Balaban J connectivity index is 3.04. The number of alkyl halides is 1. The maximum atomic E-state index is 12.3. The number of thiophene rings is 1. The van der Waals surface area contributed by atoms with Crippen LogP contribution in [0.25, 0.3) is 0 Å². The van der Waals surface area contributed by atoms with Crippen LogP contribution in [-0.2, 0) is 14.8 Å². The number of sulfonamides is 1. The molecule has 18 heavy (non-hydrogen) atoms. The first-order valence-electron chi connectivity index (χ1n) is 4.93. The molecule has 4 nitrogen and oxygen atoms in total. The molecule has 9 heteroatoms. The molecule has 0 spiro atoms. The molecule has 0 unspecified atom stereocenters. The topological polar surface area (TPSA) is 46.6 Å².